The summed E-state index contributed by atoms with van der Waals surface area (Å²) in [6, 6.07) is 4.60. The van der Waals surface area contributed by atoms with Gasteiger partial charge in [-0.15, -0.1) is 0 Å². The van der Waals surface area contributed by atoms with Gasteiger partial charge in [-0.2, -0.15) is 0 Å². The van der Waals surface area contributed by atoms with Gasteiger partial charge in [0.05, 0.1) is 0 Å². The number of halogens is 1. The van der Waals surface area contributed by atoms with E-state index in [1.54, 1.807) is 0 Å². The average Bonchev–Trinajstić information content (AvgIpc) is 2.29. The van der Waals surface area contributed by atoms with Crippen molar-refractivity contribution in [1.82, 2.24) is 9.88 Å². The minimum absolute atomic E-state index is 0.545. The quantitative estimate of drug-likeness (QED) is 0.732. The Bertz CT molecular complexity index is 365. The predicted octanol–water partition coefficient (Wildman–Crippen LogP) is 3.59. The summed E-state index contributed by atoms with van der Waals surface area (Å²) in [4.78, 5) is 6.90. The third-order valence-electron chi connectivity index (χ3n) is 3.47. The highest BCUT2D eigenvalue weighted by Gasteiger charge is 2.24. The highest BCUT2D eigenvalue weighted by Crippen LogP contribution is 2.32. The normalized spacial score (nSPS) is 22.3. The molecule has 88 valence electrons. The molecule has 1 aromatic heterocycles. The Kier molecular flexibility index (Phi) is 3.82. The van der Waals surface area contributed by atoms with Crippen LogP contribution in [0.3, 0.4) is 0 Å². The molecule has 0 N–H and O–H groups in total. The van der Waals surface area contributed by atoms with E-state index in [1.165, 1.54) is 31.4 Å². The first kappa shape index (κ1) is 11.9. The molecule has 0 aliphatic carbocycles. The van der Waals surface area contributed by atoms with Crippen LogP contribution in [0.4, 0.5) is 0 Å². The molecule has 2 heterocycles. The fraction of sp³-hybridized carbons (Fsp3) is 0.615. The van der Waals surface area contributed by atoms with Crippen molar-refractivity contribution in [1.29, 1.82) is 0 Å². The van der Waals surface area contributed by atoms with E-state index in [9.17, 15) is 0 Å². The highest BCUT2D eigenvalue weighted by atomic mass is 35.5. The Morgan fingerprint density at radius 3 is 2.94 bits per heavy atom. The summed E-state index contributed by atoms with van der Waals surface area (Å²) in [7, 11) is 0. The van der Waals surface area contributed by atoms with E-state index in [0.717, 1.165) is 12.2 Å². The monoisotopic (exact) mass is 238 g/mol. The van der Waals surface area contributed by atoms with Crippen molar-refractivity contribution in [3.05, 3.63) is 28.5 Å². The van der Waals surface area contributed by atoms with Gasteiger partial charge in [-0.3, -0.25) is 4.90 Å². The summed E-state index contributed by atoms with van der Waals surface area (Å²) in [5, 5.41) is 0.597. The largest absolute Gasteiger partial charge is 0.297 e. The van der Waals surface area contributed by atoms with Crippen LogP contribution in [0, 0.1) is 6.92 Å². The van der Waals surface area contributed by atoms with E-state index in [0.29, 0.717) is 11.2 Å². The summed E-state index contributed by atoms with van der Waals surface area (Å²) in [5.74, 6) is 0. The summed E-state index contributed by atoms with van der Waals surface area (Å²) in [6.45, 7) is 6.62. The van der Waals surface area contributed by atoms with Crippen LogP contribution in [0.15, 0.2) is 12.1 Å². The van der Waals surface area contributed by atoms with Gasteiger partial charge in [0.1, 0.15) is 5.15 Å². The second-order valence-corrected chi connectivity index (χ2v) is 4.84. The number of aryl methyl sites for hydroxylation is 1. The number of aromatic nitrogens is 1. The number of rotatable bonds is 2. The molecule has 0 bridgehead atoms. The predicted molar refractivity (Wildman–Crippen MR) is 67.8 cm³/mol. The van der Waals surface area contributed by atoms with E-state index in [1.807, 2.05) is 6.07 Å². The second-order valence-electron chi connectivity index (χ2n) is 4.45. The van der Waals surface area contributed by atoms with Crippen molar-refractivity contribution in [3.63, 3.8) is 0 Å². The zero-order valence-electron chi connectivity index (χ0n) is 10.0. The second kappa shape index (κ2) is 5.15. The summed E-state index contributed by atoms with van der Waals surface area (Å²) >= 11 is 5.90. The molecular weight excluding hydrogens is 220 g/mol. The van der Waals surface area contributed by atoms with Crippen LogP contribution in [-0.2, 0) is 0 Å². The maximum atomic E-state index is 5.90. The molecule has 0 spiro atoms. The summed E-state index contributed by atoms with van der Waals surface area (Å²) < 4.78 is 0. The first-order valence-electron chi connectivity index (χ1n) is 6.09. The van der Waals surface area contributed by atoms with E-state index in [2.05, 4.69) is 29.8 Å². The Balaban J connectivity index is 2.27. The molecule has 1 aliphatic rings. The van der Waals surface area contributed by atoms with Gasteiger partial charge in [0, 0.05) is 11.7 Å². The van der Waals surface area contributed by atoms with Gasteiger partial charge in [-0.1, -0.05) is 31.0 Å². The molecule has 1 fully saturated rings. The van der Waals surface area contributed by atoms with Crippen LogP contribution in [0.5, 0.6) is 0 Å². The fourth-order valence-corrected chi connectivity index (χ4v) is 2.80. The molecule has 0 aromatic carbocycles. The summed E-state index contributed by atoms with van der Waals surface area (Å²) in [6.07, 6.45) is 3.89. The van der Waals surface area contributed by atoms with E-state index in [4.69, 9.17) is 11.6 Å². The van der Waals surface area contributed by atoms with Crippen molar-refractivity contribution >= 4 is 11.6 Å². The minimum atomic E-state index is 0.545. The average molecular weight is 239 g/mol. The number of likely N-dealkylation sites (tertiary alicyclic amines) is 1. The number of pyridine rings is 1. The van der Waals surface area contributed by atoms with Gasteiger partial charge in [-0.25, -0.2) is 4.98 Å². The zero-order chi connectivity index (χ0) is 11.5. The lowest BCUT2D eigenvalue weighted by molar-refractivity contribution is 0.156. The van der Waals surface area contributed by atoms with Crippen molar-refractivity contribution < 1.29 is 0 Å². The van der Waals surface area contributed by atoms with Crippen molar-refractivity contribution in [3.8, 4) is 0 Å². The van der Waals surface area contributed by atoms with Crippen molar-refractivity contribution in [2.24, 2.45) is 0 Å². The van der Waals surface area contributed by atoms with E-state index < -0.39 is 0 Å². The highest BCUT2D eigenvalue weighted by molar-refractivity contribution is 6.29. The molecule has 2 nitrogen and oxygen atoms in total. The van der Waals surface area contributed by atoms with E-state index in [-0.39, 0.29) is 0 Å². The van der Waals surface area contributed by atoms with E-state index >= 15 is 0 Å². The molecule has 1 saturated heterocycles. The maximum Gasteiger partial charge on any atom is 0.129 e. The molecule has 1 atom stereocenters. The first-order chi connectivity index (χ1) is 7.72. The SMILES string of the molecule is CCN1CCCCC1c1ccc(Cl)nc1C. The van der Waals surface area contributed by atoms with Gasteiger partial charge >= 0.3 is 0 Å². The molecule has 0 saturated carbocycles. The first-order valence-corrected chi connectivity index (χ1v) is 6.47. The van der Waals surface area contributed by atoms with Gasteiger partial charge in [0.25, 0.3) is 0 Å². The topological polar surface area (TPSA) is 16.1 Å². The molecule has 0 amide bonds. The molecule has 2 rings (SSSR count). The molecule has 16 heavy (non-hydrogen) atoms. The number of nitrogens with zero attached hydrogens (tertiary/aromatic N) is 2. The lowest BCUT2D eigenvalue weighted by Gasteiger charge is -2.35. The number of hydrogen-bond acceptors (Lipinski definition) is 2. The fourth-order valence-electron chi connectivity index (χ4n) is 2.62. The Morgan fingerprint density at radius 1 is 1.44 bits per heavy atom. The number of piperidine rings is 1. The third-order valence-corrected chi connectivity index (χ3v) is 3.68. The molecule has 1 unspecified atom stereocenters. The zero-order valence-corrected chi connectivity index (χ0v) is 10.8. The smallest absolute Gasteiger partial charge is 0.129 e. The molecule has 3 heteroatoms. The molecular formula is C13H19ClN2. The van der Waals surface area contributed by atoms with Gasteiger partial charge in [0.15, 0.2) is 0 Å². The maximum absolute atomic E-state index is 5.90. The van der Waals surface area contributed by atoms with Crippen molar-refractivity contribution in [2.45, 2.75) is 39.2 Å². The third kappa shape index (κ3) is 2.38. The summed E-state index contributed by atoms with van der Waals surface area (Å²) in [5.41, 5.74) is 2.43. The Morgan fingerprint density at radius 2 is 2.25 bits per heavy atom. The van der Waals surface area contributed by atoms with Crippen molar-refractivity contribution in [2.75, 3.05) is 13.1 Å². The number of hydrogen-bond donors (Lipinski definition) is 0. The lowest BCUT2D eigenvalue weighted by Crippen LogP contribution is -2.33. The van der Waals surface area contributed by atoms with Crippen LogP contribution in [-0.4, -0.2) is 23.0 Å². The van der Waals surface area contributed by atoms with Gasteiger partial charge in [0.2, 0.25) is 0 Å². The molecule has 0 radical (unpaired) electrons. The molecule has 1 aromatic rings. The standard InChI is InChI=1S/C13H19ClN2/c1-3-16-9-5-4-6-12(16)11-7-8-13(14)15-10(11)2/h7-8,12H,3-6,9H2,1-2H3. The molecule has 1 aliphatic heterocycles. The van der Waals surface area contributed by atoms with Crippen LogP contribution in [0.1, 0.15) is 43.5 Å². The van der Waals surface area contributed by atoms with Crippen LogP contribution < -0.4 is 0 Å². The Labute approximate surface area is 103 Å². The lowest BCUT2D eigenvalue weighted by atomic mass is 9.94. The Hall–Kier alpha value is -0.600. The minimum Gasteiger partial charge on any atom is -0.297 e. The van der Waals surface area contributed by atoms with Crippen LogP contribution in [0.2, 0.25) is 5.15 Å². The van der Waals surface area contributed by atoms with Crippen LogP contribution >= 0.6 is 11.6 Å². The van der Waals surface area contributed by atoms with Gasteiger partial charge in [-0.05, 0) is 44.5 Å². The van der Waals surface area contributed by atoms with Gasteiger partial charge < -0.3 is 0 Å². The van der Waals surface area contributed by atoms with Crippen LogP contribution in [0.25, 0.3) is 0 Å².